The molecule has 0 N–H and O–H groups in total. The van der Waals surface area contributed by atoms with Crippen molar-refractivity contribution < 1.29 is 31.1 Å². The molecule has 2 aromatic carbocycles. The van der Waals surface area contributed by atoms with E-state index >= 15 is 0 Å². The molecule has 1 heterocycles. The van der Waals surface area contributed by atoms with E-state index in [0.717, 1.165) is 33.6 Å². The molecule has 6 nitrogen and oxygen atoms in total. The van der Waals surface area contributed by atoms with Gasteiger partial charge in [-0.2, -0.15) is 17.5 Å². The van der Waals surface area contributed by atoms with Crippen molar-refractivity contribution in [3.63, 3.8) is 0 Å². The summed E-state index contributed by atoms with van der Waals surface area (Å²) in [5, 5.41) is 0. The average molecular weight is 471 g/mol. The first kappa shape index (κ1) is 24.2. The van der Waals surface area contributed by atoms with Gasteiger partial charge in [0.2, 0.25) is 15.9 Å². The Bertz CT molecular complexity index is 1070. The standard InChI is InChI=1S/C22H25F3N2O4S/c1-16-20-9-4-3-6-17(20)10-11-27(16)21(28)15-26(12-13-31-2)32(29,30)19-8-5-7-18(14-19)22(23,24)25/h3-9,14,16H,10-13,15H2,1-2H3. The van der Waals surface area contributed by atoms with Crippen molar-refractivity contribution >= 4 is 15.9 Å². The maximum atomic E-state index is 13.1. The molecule has 32 heavy (non-hydrogen) atoms. The van der Waals surface area contributed by atoms with Crippen molar-refractivity contribution in [3.8, 4) is 0 Å². The second kappa shape index (κ2) is 9.60. The number of methoxy groups -OCH3 is 1. The number of alkyl halides is 3. The van der Waals surface area contributed by atoms with Crippen LogP contribution in [0.4, 0.5) is 13.2 Å². The number of hydrogen-bond donors (Lipinski definition) is 0. The first-order valence-electron chi connectivity index (χ1n) is 10.1. The third-order valence-electron chi connectivity index (χ3n) is 5.57. The van der Waals surface area contributed by atoms with Gasteiger partial charge in [-0.3, -0.25) is 4.79 Å². The quantitative estimate of drug-likeness (QED) is 0.622. The highest BCUT2D eigenvalue weighted by molar-refractivity contribution is 7.89. The molecule has 0 spiro atoms. The Labute approximate surface area is 185 Å². The van der Waals surface area contributed by atoms with Gasteiger partial charge in [0, 0.05) is 20.2 Å². The van der Waals surface area contributed by atoms with Crippen LogP contribution >= 0.6 is 0 Å². The lowest BCUT2D eigenvalue weighted by Crippen LogP contribution is -2.46. The van der Waals surface area contributed by atoms with E-state index in [1.807, 2.05) is 31.2 Å². The van der Waals surface area contributed by atoms with Gasteiger partial charge in [0.1, 0.15) is 0 Å². The molecule has 174 valence electrons. The Kier molecular flexibility index (Phi) is 7.26. The van der Waals surface area contributed by atoms with Crippen LogP contribution in [0.15, 0.2) is 53.4 Å². The molecule has 0 fully saturated rings. The van der Waals surface area contributed by atoms with Crippen LogP contribution in [0.2, 0.25) is 0 Å². The van der Waals surface area contributed by atoms with Gasteiger partial charge in [-0.1, -0.05) is 30.3 Å². The number of hydrogen-bond acceptors (Lipinski definition) is 4. The fourth-order valence-electron chi connectivity index (χ4n) is 3.81. The van der Waals surface area contributed by atoms with Crippen LogP contribution in [0.1, 0.15) is 29.7 Å². The maximum Gasteiger partial charge on any atom is 0.416 e. The summed E-state index contributed by atoms with van der Waals surface area (Å²) in [5.41, 5.74) is 1.06. The zero-order chi connectivity index (χ0) is 23.5. The van der Waals surface area contributed by atoms with E-state index in [2.05, 4.69) is 0 Å². The number of carbonyl (C=O) groups is 1. The Morgan fingerprint density at radius 2 is 1.91 bits per heavy atom. The molecular formula is C22H25F3N2O4S. The number of rotatable bonds is 7. The van der Waals surface area contributed by atoms with E-state index in [-0.39, 0.29) is 19.2 Å². The number of amides is 1. The highest BCUT2D eigenvalue weighted by Crippen LogP contribution is 2.32. The van der Waals surface area contributed by atoms with Gasteiger partial charge in [-0.25, -0.2) is 8.42 Å². The summed E-state index contributed by atoms with van der Waals surface area (Å²) in [6, 6.07) is 11.0. The molecule has 3 rings (SSSR count). The molecule has 2 aromatic rings. The van der Waals surface area contributed by atoms with E-state index in [1.165, 1.54) is 7.11 Å². The van der Waals surface area contributed by atoms with Crippen LogP contribution in [0.25, 0.3) is 0 Å². The summed E-state index contributed by atoms with van der Waals surface area (Å²) in [4.78, 5) is 14.2. The molecule has 0 aromatic heterocycles. The molecule has 1 aliphatic rings. The number of nitrogens with zero attached hydrogens (tertiary/aromatic N) is 2. The Hall–Kier alpha value is -2.43. The van der Waals surface area contributed by atoms with E-state index in [9.17, 15) is 26.4 Å². The van der Waals surface area contributed by atoms with Gasteiger partial charge < -0.3 is 9.64 Å². The molecule has 1 atom stereocenters. The summed E-state index contributed by atoms with van der Waals surface area (Å²) < 4.78 is 71.4. The van der Waals surface area contributed by atoms with Crippen molar-refractivity contribution in [2.45, 2.75) is 30.5 Å². The van der Waals surface area contributed by atoms with Gasteiger partial charge in [0.25, 0.3) is 0 Å². The SMILES string of the molecule is COCCN(CC(=O)N1CCc2ccccc2C1C)S(=O)(=O)c1cccc(C(F)(F)F)c1. The lowest BCUT2D eigenvalue weighted by atomic mass is 9.93. The average Bonchev–Trinajstić information content (AvgIpc) is 2.76. The smallest absolute Gasteiger partial charge is 0.383 e. The van der Waals surface area contributed by atoms with Crippen molar-refractivity contribution in [1.82, 2.24) is 9.21 Å². The van der Waals surface area contributed by atoms with Crippen LogP contribution in [-0.4, -0.2) is 56.9 Å². The zero-order valence-electron chi connectivity index (χ0n) is 17.8. The van der Waals surface area contributed by atoms with Gasteiger partial charge in [0.15, 0.2) is 0 Å². The summed E-state index contributed by atoms with van der Waals surface area (Å²) >= 11 is 0. The van der Waals surface area contributed by atoms with E-state index < -0.39 is 39.1 Å². The lowest BCUT2D eigenvalue weighted by molar-refractivity contribution is -0.138. The number of ether oxygens (including phenoxy) is 1. The van der Waals surface area contributed by atoms with Crippen molar-refractivity contribution in [2.75, 3.05) is 33.4 Å². The molecule has 1 amide bonds. The third kappa shape index (κ3) is 5.13. The highest BCUT2D eigenvalue weighted by Gasteiger charge is 2.35. The first-order chi connectivity index (χ1) is 15.1. The first-order valence-corrected chi connectivity index (χ1v) is 11.5. The van der Waals surface area contributed by atoms with Crippen LogP contribution in [-0.2, 0) is 32.2 Å². The van der Waals surface area contributed by atoms with Gasteiger partial charge in [0.05, 0.1) is 29.7 Å². The predicted octanol–water partition coefficient (Wildman–Crippen LogP) is 3.49. The monoisotopic (exact) mass is 470 g/mol. The van der Waals surface area contributed by atoms with E-state index in [4.69, 9.17) is 4.74 Å². The largest absolute Gasteiger partial charge is 0.416 e. The molecule has 0 bridgehead atoms. The molecule has 10 heteroatoms. The Morgan fingerprint density at radius 3 is 2.59 bits per heavy atom. The molecule has 1 unspecified atom stereocenters. The van der Waals surface area contributed by atoms with Crippen LogP contribution < -0.4 is 0 Å². The van der Waals surface area contributed by atoms with Gasteiger partial charge in [-0.05, 0) is 42.7 Å². The molecule has 0 radical (unpaired) electrons. The normalized spacial score (nSPS) is 16.8. The second-order valence-electron chi connectivity index (χ2n) is 7.57. The van der Waals surface area contributed by atoms with Gasteiger partial charge >= 0.3 is 6.18 Å². The van der Waals surface area contributed by atoms with E-state index in [1.54, 1.807) is 4.90 Å². The number of fused-ring (bicyclic) bond motifs is 1. The Morgan fingerprint density at radius 1 is 1.19 bits per heavy atom. The maximum absolute atomic E-state index is 13.1. The summed E-state index contributed by atoms with van der Waals surface area (Å²) in [7, 11) is -2.99. The number of carbonyl (C=O) groups excluding carboxylic acids is 1. The topological polar surface area (TPSA) is 66.9 Å². The van der Waals surface area contributed by atoms with Crippen LogP contribution in [0.3, 0.4) is 0 Å². The van der Waals surface area contributed by atoms with Crippen LogP contribution in [0, 0.1) is 0 Å². The number of halogens is 3. The van der Waals surface area contributed by atoms with Crippen LogP contribution in [0.5, 0.6) is 0 Å². The molecule has 1 aliphatic heterocycles. The highest BCUT2D eigenvalue weighted by atomic mass is 32.2. The summed E-state index contributed by atoms with van der Waals surface area (Å²) in [6.07, 6.45) is -4.04. The molecule has 0 saturated carbocycles. The fraction of sp³-hybridized carbons (Fsp3) is 0.409. The molecular weight excluding hydrogens is 445 g/mol. The minimum absolute atomic E-state index is 0.0101. The lowest BCUT2D eigenvalue weighted by Gasteiger charge is -2.36. The zero-order valence-corrected chi connectivity index (χ0v) is 18.6. The Balaban J connectivity index is 1.86. The third-order valence-corrected chi connectivity index (χ3v) is 7.41. The summed E-state index contributed by atoms with van der Waals surface area (Å²) in [5.74, 6) is -0.418. The second-order valence-corrected chi connectivity index (χ2v) is 9.51. The predicted molar refractivity (Wildman–Crippen MR) is 112 cm³/mol. The van der Waals surface area contributed by atoms with Crippen molar-refractivity contribution in [1.29, 1.82) is 0 Å². The minimum Gasteiger partial charge on any atom is -0.383 e. The molecule has 0 aliphatic carbocycles. The minimum atomic E-state index is -4.69. The van der Waals surface area contributed by atoms with Crippen molar-refractivity contribution in [2.24, 2.45) is 0 Å². The number of benzene rings is 2. The van der Waals surface area contributed by atoms with Crippen molar-refractivity contribution in [3.05, 3.63) is 65.2 Å². The number of sulfonamides is 1. The summed E-state index contributed by atoms with van der Waals surface area (Å²) in [6.45, 7) is 1.63. The van der Waals surface area contributed by atoms with Gasteiger partial charge in [-0.15, -0.1) is 0 Å². The molecule has 0 saturated heterocycles. The van der Waals surface area contributed by atoms with E-state index in [0.29, 0.717) is 19.0 Å². The fourth-order valence-corrected chi connectivity index (χ4v) is 5.23.